The zero-order valence-corrected chi connectivity index (χ0v) is 5.51. The largest absolute Gasteiger partial charge is 0.477 e. The van der Waals surface area contributed by atoms with E-state index in [9.17, 15) is 4.79 Å². The van der Waals surface area contributed by atoms with Crippen LogP contribution in [0.15, 0.2) is 12.3 Å². The third-order valence-electron chi connectivity index (χ3n) is 1.23. The van der Waals surface area contributed by atoms with Gasteiger partial charge in [0.2, 0.25) is 0 Å². The van der Waals surface area contributed by atoms with E-state index < -0.39 is 5.97 Å². The van der Waals surface area contributed by atoms with Gasteiger partial charge in [-0.25, -0.2) is 4.79 Å². The average molecular weight is 140 g/mol. The number of hydrogen-bond donors (Lipinski definition) is 3. The highest BCUT2D eigenvalue weighted by Crippen LogP contribution is 2.11. The fourth-order valence-corrected chi connectivity index (χ4v) is 0.755. The molecule has 0 atom stereocenters. The van der Waals surface area contributed by atoms with Crippen molar-refractivity contribution in [3.8, 4) is 0 Å². The minimum Gasteiger partial charge on any atom is -0.477 e. The van der Waals surface area contributed by atoms with Crippen molar-refractivity contribution in [2.24, 2.45) is 0 Å². The summed E-state index contributed by atoms with van der Waals surface area (Å²) >= 11 is 0. The normalized spacial score (nSPS) is 9.30. The van der Waals surface area contributed by atoms with Crippen molar-refractivity contribution in [1.29, 1.82) is 0 Å². The molecule has 1 aromatic heterocycles. The molecule has 0 aliphatic heterocycles. The third-order valence-corrected chi connectivity index (χ3v) is 1.23. The molecule has 10 heavy (non-hydrogen) atoms. The monoisotopic (exact) mass is 140 g/mol. The van der Waals surface area contributed by atoms with E-state index in [2.05, 4.69) is 10.3 Å². The lowest BCUT2D eigenvalue weighted by atomic mass is 10.4. The van der Waals surface area contributed by atoms with Crippen molar-refractivity contribution >= 4 is 11.7 Å². The van der Waals surface area contributed by atoms with Gasteiger partial charge in [0, 0.05) is 13.2 Å². The SMILES string of the molecule is CNc1cc[nH]c1C(=O)O. The Hall–Kier alpha value is -1.45. The number of anilines is 1. The van der Waals surface area contributed by atoms with Crippen LogP contribution in [0.2, 0.25) is 0 Å². The Bertz CT molecular complexity index is 242. The molecule has 0 spiro atoms. The Balaban J connectivity index is 3.01. The fourth-order valence-electron chi connectivity index (χ4n) is 0.755. The highest BCUT2D eigenvalue weighted by atomic mass is 16.4. The first-order valence-corrected chi connectivity index (χ1v) is 2.84. The quantitative estimate of drug-likeness (QED) is 0.568. The fraction of sp³-hybridized carbons (Fsp3) is 0.167. The summed E-state index contributed by atoms with van der Waals surface area (Å²) in [6.45, 7) is 0. The zero-order valence-electron chi connectivity index (χ0n) is 5.51. The topological polar surface area (TPSA) is 65.1 Å². The van der Waals surface area contributed by atoms with E-state index in [4.69, 9.17) is 5.11 Å². The Morgan fingerprint density at radius 1 is 1.80 bits per heavy atom. The lowest BCUT2D eigenvalue weighted by molar-refractivity contribution is 0.0692. The first-order valence-electron chi connectivity index (χ1n) is 2.84. The molecule has 0 aromatic carbocycles. The Morgan fingerprint density at radius 2 is 2.50 bits per heavy atom. The van der Waals surface area contributed by atoms with E-state index in [1.54, 1.807) is 19.3 Å². The van der Waals surface area contributed by atoms with Gasteiger partial charge in [0.15, 0.2) is 0 Å². The molecule has 0 radical (unpaired) electrons. The van der Waals surface area contributed by atoms with Crippen molar-refractivity contribution in [1.82, 2.24) is 4.98 Å². The van der Waals surface area contributed by atoms with Gasteiger partial charge in [0.1, 0.15) is 5.69 Å². The van der Waals surface area contributed by atoms with E-state index in [1.807, 2.05) is 0 Å². The van der Waals surface area contributed by atoms with Crippen LogP contribution in [-0.2, 0) is 0 Å². The summed E-state index contributed by atoms with van der Waals surface area (Å²) in [5.74, 6) is -0.950. The average Bonchev–Trinajstić information content (AvgIpc) is 2.33. The maximum Gasteiger partial charge on any atom is 0.354 e. The summed E-state index contributed by atoms with van der Waals surface area (Å²) in [6.07, 6.45) is 1.58. The van der Waals surface area contributed by atoms with E-state index in [-0.39, 0.29) is 5.69 Å². The molecule has 4 nitrogen and oxygen atoms in total. The molecule has 54 valence electrons. The molecule has 0 unspecified atom stereocenters. The second kappa shape index (κ2) is 2.43. The third kappa shape index (κ3) is 0.953. The van der Waals surface area contributed by atoms with Crippen LogP contribution in [0.3, 0.4) is 0 Å². The lowest BCUT2D eigenvalue weighted by Gasteiger charge is -1.95. The van der Waals surface area contributed by atoms with Gasteiger partial charge in [-0.3, -0.25) is 0 Å². The summed E-state index contributed by atoms with van der Waals surface area (Å²) < 4.78 is 0. The number of nitrogens with one attached hydrogen (secondary N) is 2. The summed E-state index contributed by atoms with van der Waals surface area (Å²) in [7, 11) is 1.68. The van der Waals surface area contributed by atoms with Crippen molar-refractivity contribution in [3.05, 3.63) is 18.0 Å². The number of carboxylic acids is 1. The predicted octanol–water partition coefficient (Wildman–Crippen LogP) is 0.755. The maximum absolute atomic E-state index is 10.4. The van der Waals surface area contributed by atoms with Crippen molar-refractivity contribution < 1.29 is 9.90 Å². The number of carboxylic acid groups (broad SMARTS) is 1. The first kappa shape index (κ1) is 6.67. The molecule has 0 bridgehead atoms. The number of aromatic amines is 1. The van der Waals surface area contributed by atoms with Gasteiger partial charge in [-0.15, -0.1) is 0 Å². The number of rotatable bonds is 2. The van der Waals surface area contributed by atoms with Crippen LogP contribution in [0.4, 0.5) is 5.69 Å². The van der Waals surface area contributed by atoms with Crippen LogP contribution in [0.5, 0.6) is 0 Å². The molecular weight excluding hydrogens is 132 g/mol. The van der Waals surface area contributed by atoms with Gasteiger partial charge in [0.05, 0.1) is 5.69 Å². The van der Waals surface area contributed by atoms with Gasteiger partial charge in [-0.1, -0.05) is 0 Å². The standard InChI is InChI=1S/C6H8N2O2/c1-7-4-2-3-8-5(4)6(9)10/h2-3,7-8H,1H3,(H,9,10). The molecule has 1 rings (SSSR count). The number of carbonyl (C=O) groups is 1. The van der Waals surface area contributed by atoms with Crippen LogP contribution >= 0.6 is 0 Å². The maximum atomic E-state index is 10.4. The van der Waals surface area contributed by atoms with Crippen LogP contribution in [0, 0.1) is 0 Å². The summed E-state index contributed by atoms with van der Waals surface area (Å²) in [5.41, 5.74) is 0.801. The molecular formula is C6H8N2O2. The molecule has 3 N–H and O–H groups in total. The Kier molecular flexibility index (Phi) is 1.62. The van der Waals surface area contributed by atoms with Crippen LogP contribution in [0.1, 0.15) is 10.5 Å². The summed E-state index contributed by atoms with van der Waals surface area (Å²) in [6, 6.07) is 1.67. The van der Waals surface area contributed by atoms with E-state index in [0.717, 1.165) is 0 Å². The second-order valence-electron chi connectivity index (χ2n) is 1.82. The highest BCUT2D eigenvalue weighted by molar-refractivity contribution is 5.92. The molecule has 0 amide bonds. The molecule has 0 saturated heterocycles. The van der Waals surface area contributed by atoms with Crippen LogP contribution in [0.25, 0.3) is 0 Å². The number of aromatic carboxylic acids is 1. The molecule has 1 aromatic rings. The van der Waals surface area contributed by atoms with Crippen molar-refractivity contribution in [2.75, 3.05) is 12.4 Å². The van der Waals surface area contributed by atoms with Gasteiger partial charge >= 0.3 is 5.97 Å². The van der Waals surface area contributed by atoms with Crippen LogP contribution < -0.4 is 5.32 Å². The minimum atomic E-state index is -0.950. The molecule has 0 fully saturated rings. The smallest absolute Gasteiger partial charge is 0.354 e. The predicted molar refractivity (Wildman–Crippen MR) is 37.3 cm³/mol. The van der Waals surface area contributed by atoms with Gasteiger partial charge in [-0.05, 0) is 6.07 Å². The summed E-state index contributed by atoms with van der Waals surface area (Å²) in [5, 5.41) is 11.3. The molecule has 1 heterocycles. The summed E-state index contributed by atoms with van der Waals surface area (Å²) in [4.78, 5) is 13.0. The first-order chi connectivity index (χ1) is 4.75. The number of aromatic nitrogens is 1. The molecule has 0 aliphatic carbocycles. The van der Waals surface area contributed by atoms with E-state index in [1.165, 1.54) is 0 Å². The zero-order chi connectivity index (χ0) is 7.56. The van der Waals surface area contributed by atoms with Gasteiger partial charge < -0.3 is 15.4 Å². The van der Waals surface area contributed by atoms with Crippen molar-refractivity contribution in [3.63, 3.8) is 0 Å². The molecule has 0 aliphatic rings. The van der Waals surface area contributed by atoms with Gasteiger partial charge in [0.25, 0.3) is 0 Å². The highest BCUT2D eigenvalue weighted by Gasteiger charge is 2.07. The van der Waals surface area contributed by atoms with E-state index >= 15 is 0 Å². The van der Waals surface area contributed by atoms with Gasteiger partial charge in [-0.2, -0.15) is 0 Å². The molecule has 4 heteroatoms. The number of hydrogen-bond acceptors (Lipinski definition) is 2. The minimum absolute atomic E-state index is 0.197. The number of H-pyrrole nitrogens is 1. The van der Waals surface area contributed by atoms with Crippen molar-refractivity contribution in [2.45, 2.75) is 0 Å². The Labute approximate surface area is 57.9 Å². The second-order valence-corrected chi connectivity index (χ2v) is 1.82. The molecule has 0 saturated carbocycles. The Morgan fingerprint density at radius 3 is 2.90 bits per heavy atom. The van der Waals surface area contributed by atoms with Crippen LogP contribution in [-0.4, -0.2) is 23.1 Å². The van der Waals surface area contributed by atoms with E-state index in [0.29, 0.717) is 5.69 Å². The lowest BCUT2D eigenvalue weighted by Crippen LogP contribution is -2.00.